The van der Waals surface area contributed by atoms with Gasteiger partial charge in [0.05, 0.1) is 6.61 Å². The summed E-state index contributed by atoms with van der Waals surface area (Å²) >= 11 is 0.149. The molecule has 0 saturated carbocycles. The number of rotatable bonds is 29. The van der Waals surface area contributed by atoms with Crippen molar-refractivity contribution in [1.29, 1.82) is 0 Å². The van der Waals surface area contributed by atoms with Crippen molar-refractivity contribution in [1.82, 2.24) is 0 Å². The summed E-state index contributed by atoms with van der Waals surface area (Å²) in [5, 5.41) is 20.2. The molecule has 0 amide bonds. The van der Waals surface area contributed by atoms with Gasteiger partial charge in [0.15, 0.2) is 0 Å². The second kappa shape index (κ2) is 50.1. The van der Waals surface area contributed by atoms with Crippen molar-refractivity contribution >= 4 is 39.1 Å². The molecule has 0 aliphatic heterocycles. The van der Waals surface area contributed by atoms with Gasteiger partial charge >= 0.3 is 75.5 Å². The number of hydrogen-bond acceptors (Lipinski definition) is 6. The van der Waals surface area contributed by atoms with Crippen molar-refractivity contribution in [2.45, 2.75) is 217 Å². The first-order valence-electron chi connectivity index (χ1n) is 19.0. The molecular weight excluding hydrogens is 671 g/mol. The van der Waals surface area contributed by atoms with E-state index >= 15 is 0 Å². The fraction of sp³-hybridized carbons (Fsp3) is 0.921. The molecule has 0 spiro atoms. The van der Waals surface area contributed by atoms with Gasteiger partial charge in [-0.05, 0) is 32.1 Å². The first kappa shape index (κ1) is 51.1. The van der Waals surface area contributed by atoms with Gasteiger partial charge in [-0.25, -0.2) is 0 Å². The molecule has 0 unspecified atom stereocenters. The number of hydrogen-bond donors (Lipinski definition) is 0. The van der Waals surface area contributed by atoms with E-state index in [4.69, 9.17) is 0 Å². The fourth-order valence-electron chi connectivity index (χ4n) is 4.25. The van der Waals surface area contributed by atoms with Crippen molar-refractivity contribution in [2.24, 2.45) is 0 Å². The third kappa shape index (κ3) is 70.7. The van der Waals surface area contributed by atoms with Crippen LogP contribution in [-0.2, 0) is 19.1 Å². The Morgan fingerprint density at radius 3 is 1.00 bits per heavy atom. The molecule has 0 aromatic heterocycles. The summed E-state index contributed by atoms with van der Waals surface area (Å²) in [6, 6.07) is 0. The summed E-state index contributed by atoms with van der Waals surface area (Å²) in [4.78, 5) is 30.3. The van der Waals surface area contributed by atoms with Crippen LogP contribution in [0, 0.1) is 0 Å². The van der Waals surface area contributed by atoms with Crippen molar-refractivity contribution in [3.05, 3.63) is 0 Å². The molecule has 0 aromatic carbocycles. The van der Waals surface area contributed by atoms with E-state index in [9.17, 15) is 24.6 Å². The van der Waals surface area contributed by atoms with Crippen LogP contribution in [0.5, 0.6) is 0 Å². The quantitative estimate of drug-likeness (QED) is 0.0429. The van der Waals surface area contributed by atoms with Crippen LogP contribution in [0.25, 0.3) is 0 Å². The minimum absolute atomic E-state index is 0.149. The number of carboxylic acid groups (broad SMARTS) is 2. The predicted molar refractivity (Wildman–Crippen MR) is 190 cm³/mol. The maximum absolute atomic E-state index is 10.1. The zero-order valence-corrected chi connectivity index (χ0v) is 33.8. The zero-order valence-electron chi connectivity index (χ0n) is 31.0. The van der Waals surface area contributed by atoms with E-state index in [1.807, 2.05) is 0 Å². The van der Waals surface area contributed by atoms with Gasteiger partial charge in [0.1, 0.15) is 0 Å². The molecule has 0 radical (unpaired) electrons. The molecule has 0 atom stereocenters. The Bertz CT molecular complexity index is 532. The Kier molecular flexibility index (Phi) is 56.8. The second-order valence-electron chi connectivity index (χ2n) is 12.1. The Labute approximate surface area is 291 Å². The molecule has 0 heterocycles. The average molecular weight is 748 g/mol. The maximum atomic E-state index is 10.1. The first-order chi connectivity index (χ1) is 21.7. The summed E-state index contributed by atoms with van der Waals surface area (Å²) in [5.41, 5.74) is 0. The number of carbonyl (C=O) groups excluding carboxylic acids is 3. The normalized spacial score (nSPS) is 9.82. The van der Waals surface area contributed by atoms with E-state index in [1.165, 1.54) is 122 Å². The molecule has 6 nitrogen and oxygen atoms in total. The Hall–Kier alpha value is -0.791. The molecule has 7 heteroatoms. The molecular formula is C38H76O6Sn. The molecule has 0 aliphatic rings. The van der Waals surface area contributed by atoms with Crippen LogP contribution in [0.3, 0.4) is 0 Å². The molecule has 0 fully saturated rings. The van der Waals surface area contributed by atoms with Crippen LogP contribution in [0.2, 0.25) is 8.87 Å². The number of carboxylic acids is 2. The third-order valence-electron chi connectivity index (χ3n) is 7.19. The average Bonchev–Trinajstić information content (AvgIpc) is 3.00. The van der Waals surface area contributed by atoms with Crippen molar-refractivity contribution in [3.8, 4) is 0 Å². The van der Waals surface area contributed by atoms with Crippen molar-refractivity contribution < 1.29 is 29.3 Å². The Balaban J connectivity index is -0.000000256. The number of aliphatic carboxylic acids is 2. The fourth-order valence-corrected chi connectivity index (χ4v) is 8.41. The second-order valence-corrected chi connectivity index (χ2v) is 16.3. The monoisotopic (exact) mass is 748 g/mol. The van der Waals surface area contributed by atoms with Gasteiger partial charge in [-0.15, -0.1) is 0 Å². The number of ether oxygens (including phenoxy) is 1. The van der Waals surface area contributed by atoms with Crippen molar-refractivity contribution in [2.75, 3.05) is 6.61 Å². The van der Waals surface area contributed by atoms with Gasteiger partial charge in [0.25, 0.3) is 0 Å². The van der Waals surface area contributed by atoms with Crippen LogP contribution in [0.15, 0.2) is 0 Å². The van der Waals surface area contributed by atoms with Gasteiger partial charge in [-0.3, -0.25) is 4.79 Å². The van der Waals surface area contributed by atoms with Gasteiger partial charge in [0.2, 0.25) is 0 Å². The van der Waals surface area contributed by atoms with E-state index < -0.39 is 11.9 Å². The minimum atomic E-state index is -0.909. The number of esters is 1. The summed E-state index contributed by atoms with van der Waals surface area (Å²) in [7, 11) is 0. The van der Waals surface area contributed by atoms with Crippen LogP contribution in [0.4, 0.5) is 0 Å². The molecule has 0 aliphatic carbocycles. The van der Waals surface area contributed by atoms with Gasteiger partial charge in [-0.1, -0.05) is 130 Å². The van der Waals surface area contributed by atoms with E-state index in [0.717, 1.165) is 38.5 Å². The third-order valence-corrected chi connectivity index (χ3v) is 11.2. The number of unbranched alkanes of at least 4 members (excludes halogenated alkanes) is 19. The summed E-state index contributed by atoms with van der Waals surface area (Å²) in [6.07, 6.45) is 30.2. The van der Waals surface area contributed by atoms with E-state index in [-0.39, 0.29) is 40.0 Å². The molecule has 268 valence electrons. The van der Waals surface area contributed by atoms with Crippen molar-refractivity contribution in [3.63, 3.8) is 0 Å². The SMILES string of the molecule is CCCCCCCCCCCC(=O)[O-].CCCCCCCCCCCC(=O)[O-].CCCCOC(C)=O.CCC[CH2][Sn+2][CH2]CCC. The topological polar surface area (TPSA) is 107 Å². The summed E-state index contributed by atoms with van der Waals surface area (Å²) in [5.74, 6) is -2.00. The molecule has 0 bridgehead atoms. The molecule has 45 heavy (non-hydrogen) atoms. The first-order valence-corrected chi connectivity index (χ1v) is 23.0. The molecule has 0 aromatic rings. The van der Waals surface area contributed by atoms with Crippen LogP contribution in [0.1, 0.15) is 208 Å². The van der Waals surface area contributed by atoms with E-state index in [0.29, 0.717) is 6.61 Å². The van der Waals surface area contributed by atoms with Crippen LogP contribution >= 0.6 is 0 Å². The van der Waals surface area contributed by atoms with Crippen LogP contribution < -0.4 is 10.2 Å². The predicted octanol–water partition coefficient (Wildman–Crippen LogP) is 9.79. The summed E-state index contributed by atoms with van der Waals surface area (Å²) < 4.78 is 7.89. The summed E-state index contributed by atoms with van der Waals surface area (Å²) in [6.45, 7) is 13.1. The molecule has 0 N–H and O–H groups in total. The molecule has 0 rings (SSSR count). The molecule has 0 saturated heterocycles. The van der Waals surface area contributed by atoms with Crippen LogP contribution in [-0.4, -0.2) is 45.7 Å². The number of carbonyl (C=O) groups is 3. The van der Waals surface area contributed by atoms with Gasteiger partial charge in [0, 0.05) is 18.9 Å². The Morgan fingerprint density at radius 2 is 0.733 bits per heavy atom. The van der Waals surface area contributed by atoms with Gasteiger partial charge in [-0.2, -0.15) is 0 Å². The van der Waals surface area contributed by atoms with Gasteiger partial charge < -0.3 is 24.5 Å². The standard InChI is InChI=1S/2C12H24O2.C6H12O2.2C4H9.Sn/c2*1-2-3-4-5-6-7-8-9-10-11-12(13)14;1-3-4-5-8-6(2)7;2*1-3-4-2;/h2*2-11H2,1H3,(H,13,14);3-5H2,1-2H3;2*1,3-4H2,2H3;/q;;;;;+2/p-2. The Morgan fingerprint density at radius 1 is 0.444 bits per heavy atom. The van der Waals surface area contributed by atoms with E-state index in [1.54, 1.807) is 8.87 Å². The zero-order chi connectivity index (χ0) is 34.7. The van der Waals surface area contributed by atoms with E-state index in [2.05, 4.69) is 39.4 Å².